The molecule has 1 aromatic carbocycles. The van der Waals surface area contributed by atoms with Gasteiger partial charge in [-0.1, -0.05) is 29.3 Å². The average molecular weight is 560 g/mol. The zero-order valence-corrected chi connectivity index (χ0v) is 23.1. The minimum absolute atomic E-state index is 0.200. The number of H-pyrrole nitrogens is 1. The Kier molecular flexibility index (Phi) is 8.32. The highest BCUT2D eigenvalue weighted by Gasteiger charge is 2.27. The summed E-state index contributed by atoms with van der Waals surface area (Å²) < 4.78 is 5.38. The van der Waals surface area contributed by atoms with E-state index >= 15 is 0 Å². The summed E-state index contributed by atoms with van der Waals surface area (Å²) in [6.07, 6.45) is 3.32. The molecule has 202 valence electrons. The number of amides is 1. The molecule has 0 radical (unpaired) electrons. The van der Waals surface area contributed by atoms with Gasteiger partial charge in [-0.3, -0.25) is 14.8 Å². The molecular formula is C26H32Cl2N8O2. The van der Waals surface area contributed by atoms with Gasteiger partial charge in [-0.15, -0.1) is 0 Å². The smallest absolute Gasteiger partial charge is 0.236 e. The van der Waals surface area contributed by atoms with Gasteiger partial charge in [0.1, 0.15) is 5.02 Å². The number of carbonyl (C=O) groups excluding carboxylic acids is 1. The number of anilines is 4. The van der Waals surface area contributed by atoms with Crippen LogP contribution in [0.15, 0.2) is 24.4 Å². The van der Waals surface area contributed by atoms with Gasteiger partial charge in [0.15, 0.2) is 11.6 Å². The molecule has 2 aliphatic heterocycles. The van der Waals surface area contributed by atoms with Crippen LogP contribution in [-0.4, -0.2) is 81.8 Å². The van der Waals surface area contributed by atoms with Gasteiger partial charge in [0.25, 0.3) is 0 Å². The third-order valence-corrected chi connectivity index (χ3v) is 7.64. The lowest BCUT2D eigenvalue weighted by molar-refractivity contribution is -0.134. The predicted molar refractivity (Wildman–Crippen MR) is 149 cm³/mol. The number of aromatic amines is 1. The average Bonchev–Trinajstić information content (AvgIpc) is 3.33. The molecule has 2 aliphatic rings. The Bertz CT molecular complexity index is 1290. The number of carbonyl (C=O) groups is 1. The quantitative estimate of drug-likeness (QED) is 0.384. The van der Waals surface area contributed by atoms with Crippen molar-refractivity contribution in [3.05, 3.63) is 51.3 Å². The van der Waals surface area contributed by atoms with E-state index in [1.165, 1.54) is 6.20 Å². The van der Waals surface area contributed by atoms with Crippen LogP contribution < -0.4 is 10.6 Å². The molecule has 0 bridgehead atoms. The van der Waals surface area contributed by atoms with Crippen LogP contribution in [0.1, 0.15) is 35.6 Å². The largest absolute Gasteiger partial charge is 0.379 e. The topological polar surface area (TPSA) is 111 Å². The van der Waals surface area contributed by atoms with Crippen molar-refractivity contribution in [3.63, 3.8) is 0 Å². The lowest BCUT2D eigenvalue weighted by atomic mass is 9.88. The number of nitrogens with one attached hydrogen (secondary N) is 3. The van der Waals surface area contributed by atoms with Crippen molar-refractivity contribution in [2.75, 3.05) is 56.6 Å². The number of hydrogen-bond donors (Lipinski definition) is 3. The number of morpholine rings is 1. The molecule has 1 amide bonds. The zero-order chi connectivity index (χ0) is 26.6. The highest BCUT2D eigenvalue weighted by Crippen LogP contribution is 2.37. The number of benzene rings is 1. The van der Waals surface area contributed by atoms with E-state index in [9.17, 15) is 4.79 Å². The van der Waals surface area contributed by atoms with Crippen molar-refractivity contribution < 1.29 is 9.53 Å². The van der Waals surface area contributed by atoms with Gasteiger partial charge in [-0.2, -0.15) is 10.1 Å². The molecule has 3 N–H and O–H groups in total. The predicted octanol–water partition coefficient (Wildman–Crippen LogP) is 4.65. The standard InChI is InChI=1S/C26H32Cl2N8O2/c1-16-11-19(18-3-5-36(6-4-18)24(37)15-35-7-9-38-10-8-35)20(27)13-22(16)30-26-29-14-21(28)25(32-26)31-23-12-17(2)33-34-23/h11-14,18H,3-10,15H2,1-2H3,(H3,29,30,31,32,33,34). The van der Waals surface area contributed by atoms with E-state index in [0.717, 1.165) is 61.5 Å². The summed E-state index contributed by atoms with van der Waals surface area (Å²) in [5, 5.41) is 14.5. The molecule has 5 rings (SSSR count). The molecule has 38 heavy (non-hydrogen) atoms. The van der Waals surface area contributed by atoms with Crippen LogP contribution >= 0.6 is 23.2 Å². The lowest BCUT2D eigenvalue weighted by Crippen LogP contribution is -2.46. The van der Waals surface area contributed by atoms with Crippen molar-refractivity contribution in [1.82, 2.24) is 30.0 Å². The van der Waals surface area contributed by atoms with Gasteiger partial charge in [-0.05, 0) is 49.8 Å². The second-order valence-corrected chi connectivity index (χ2v) is 10.6. The van der Waals surface area contributed by atoms with Crippen molar-refractivity contribution in [2.24, 2.45) is 0 Å². The molecule has 2 aromatic heterocycles. The first kappa shape index (κ1) is 26.7. The molecule has 3 aromatic rings. The third-order valence-electron chi connectivity index (χ3n) is 7.04. The molecule has 0 saturated carbocycles. The first-order valence-corrected chi connectivity index (χ1v) is 13.6. The summed E-state index contributed by atoms with van der Waals surface area (Å²) >= 11 is 13.1. The number of piperidine rings is 1. The van der Waals surface area contributed by atoms with Crippen LogP contribution in [0.25, 0.3) is 0 Å². The summed E-state index contributed by atoms with van der Waals surface area (Å²) in [6, 6.07) is 5.91. The van der Waals surface area contributed by atoms with Gasteiger partial charge in [0.2, 0.25) is 11.9 Å². The summed E-state index contributed by atoms with van der Waals surface area (Å²) in [4.78, 5) is 25.8. The molecule has 12 heteroatoms. The Labute approximate surface area is 232 Å². The van der Waals surface area contributed by atoms with E-state index in [4.69, 9.17) is 27.9 Å². The summed E-state index contributed by atoms with van der Waals surface area (Å²) in [7, 11) is 0. The van der Waals surface area contributed by atoms with Crippen molar-refractivity contribution in [2.45, 2.75) is 32.6 Å². The lowest BCUT2D eigenvalue weighted by Gasteiger charge is -2.35. The number of halogens is 2. The second-order valence-electron chi connectivity index (χ2n) is 9.81. The zero-order valence-electron chi connectivity index (χ0n) is 21.6. The maximum atomic E-state index is 12.8. The Morgan fingerprint density at radius 2 is 1.84 bits per heavy atom. The number of ether oxygens (including phenoxy) is 1. The van der Waals surface area contributed by atoms with Gasteiger partial charge in [0, 0.05) is 48.6 Å². The number of nitrogens with zero attached hydrogens (tertiary/aromatic N) is 5. The van der Waals surface area contributed by atoms with E-state index in [0.29, 0.717) is 53.3 Å². The molecule has 10 nitrogen and oxygen atoms in total. The molecule has 0 spiro atoms. The van der Waals surface area contributed by atoms with Crippen molar-refractivity contribution >= 4 is 52.4 Å². The van der Waals surface area contributed by atoms with E-state index in [1.807, 2.05) is 30.9 Å². The van der Waals surface area contributed by atoms with Crippen LogP contribution in [0.2, 0.25) is 10.0 Å². The Morgan fingerprint density at radius 1 is 1.08 bits per heavy atom. The van der Waals surface area contributed by atoms with Crippen molar-refractivity contribution in [3.8, 4) is 0 Å². The molecule has 0 unspecified atom stereocenters. The van der Waals surface area contributed by atoms with E-state index in [2.05, 4.69) is 41.8 Å². The summed E-state index contributed by atoms with van der Waals surface area (Å²) in [5.74, 6) is 1.97. The van der Waals surface area contributed by atoms with Crippen molar-refractivity contribution in [1.29, 1.82) is 0 Å². The fourth-order valence-corrected chi connectivity index (χ4v) is 5.34. The van der Waals surface area contributed by atoms with Gasteiger partial charge in [0.05, 0.1) is 26.0 Å². The number of aryl methyl sites for hydroxylation is 2. The molecule has 2 fully saturated rings. The van der Waals surface area contributed by atoms with E-state index in [1.54, 1.807) is 0 Å². The van der Waals surface area contributed by atoms with Crippen LogP contribution in [0.5, 0.6) is 0 Å². The second kappa shape index (κ2) is 11.9. The normalized spacial score (nSPS) is 17.0. The fourth-order valence-electron chi connectivity index (χ4n) is 4.88. The first-order valence-electron chi connectivity index (χ1n) is 12.8. The molecular weight excluding hydrogens is 527 g/mol. The maximum Gasteiger partial charge on any atom is 0.236 e. The molecule has 0 atom stereocenters. The van der Waals surface area contributed by atoms with Crippen LogP contribution in [0.3, 0.4) is 0 Å². The minimum Gasteiger partial charge on any atom is -0.379 e. The minimum atomic E-state index is 0.200. The van der Waals surface area contributed by atoms with Gasteiger partial charge >= 0.3 is 0 Å². The molecule has 2 saturated heterocycles. The highest BCUT2D eigenvalue weighted by atomic mass is 35.5. The van der Waals surface area contributed by atoms with Gasteiger partial charge in [-0.25, -0.2) is 4.98 Å². The van der Waals surface area contributed by atoms with Crippen LogP contribution in [0.4, 0.5) is 23.3 Å². The van der Waals surface area contributed by atoms with Gasteiger partial charge < -0.3 is 20.3 Å². The summed E-state index contributed by atoms with van der Waals surface area (Å²) in [6.45, 7) is 8.94. The Morgan fingerprint density at radius 3 is 2.55 bits per heavy atom. The Balaban J connectivity index is 1.22. The molecule has 0 aliphatic carbocycles. The van der Waals surface area contributed by atoms with Crippen LogP contribution in [0, 0.1) is 13.8 Å². The Hall–Kier alpha value is -2.92. The fraction of sp³-hybridized carbons (Fsp3) is 0.462. The highest BCUT2D eigenvalue weighted by molar-refractivity contribution is 6.33. The number of hydrogen-bond acceptors (Lipinski definition) is 8. The first-order chi connectivity index (χ1) is 18.4. The summed E-state index contributed by atoms with van der Waals surface area (Å²) in [5.41, 5.74) is 3.89. The number of likely N-dealkylation sites (tertiary alicyclic amines) is 1. The van der Waals surface area contributed by atoms with Crippen LogP contribution in [-0.2, 0) is 9.53 Å². The molecule has 4 heterocycles. The maximum absolute atomic E-state index is 12.8. The van der Waals surface area contributed by atoms with E-state index < -0.39 is 0 Å². The third kappa shape index (κ3) is 6.37. The van der Waals surface area contributed by atoms with E-state index in [-0.39, 0.29) is 5.91 Å². The monoisotopic (exact) mass is 558 g/mol. The number of rotatable bonds is 7. The SMILES string of the molecule is Cc1cc(Nc2nc(Nc3cc(Cl)c(C4CCN(C(=O)CN5CCOCC5)CC4)cc3C)ncc2Cl)n[nH]1. The number of aromatic nitrogens is 4.